The maximum absolute atomic E-state index is 5.94. The van der Waals surface area contributed by atoms with E-state index in [9.17, 15) is 0 Å². The van der Waals surface area contributed by atoms with Gasteiger partial charge in [-0.25, -0.2) is 0 Å². The minimum atomic E-state index is 0.0918. The van der Waals surface area contributed by atoms with Crippen LogP contribution in [0.15, 0.2) is 48.7 Å². The summed E-state index contributed by atoms with van der Waals surface area (Å²) < 4.78 is 0. The van der Waals surface area contributed by atoms with Crippen molar-refractivity contribution in [1.82, 2.24) is 15.5 Å². The molecule has 3 N–H and O–H groups in total. The Balaban J connectivity index is 1.85. The van der Waals surface area contributed by atoms with Crippen molar-refractivity contribution in [1.29, 1.82) is 0 Å². The van der Waals surface area contributed by atoms with E-state index < -0.39 is 0 Å². The van der Waals surface area contributed by atoms with Gasteiger partial charge in [-0.1, -0.05) is 39.0 Å². The van der Waals surface area contributed by atoms with Gasteiger partial charge in [0, 0.05) is 50.3 Å². The van der Waals surface area contributed by atoms with Crippen molar-refractivity contribution in [2.45, 2.75) is 34.1 Å². The molecular formula is C23H39N5O. The topological polar surface area (TPSA) is 57.0 Å². The van der Waals surface area contributed by atoms with Crippen molar-refractivity contribution in [3.8, 4) is 0 Å². The molecule has 0 radical (unpaired) electrons. The molecule has 29 heavy (non-hydrogen) atoms. The molecule has 1 heterocycles. The molecule has 1 aliphatic heterocycles. The molecule has 6 heteroatoms. The summed E-state index contributed by atoms with van der Waals surface area (Å²) in [6, 6.07) is 8.18. The van der Waals surface area contributed by atoms with Crippen molar-refractivity contribution < 1.29 is 4.84 Å². The molecule has 1 aliphatic rings. The van der Waals surface area contributed by atoms with Gasteiger partial charge in [0.25, 0.3) is 0 Å². The second-order valence-electron chi connectivity index (χ2n) is 8.41. The molecule has 0 aliphatic carbocycles. The molecule has 0 aromatic heterocycles. The van der Waals surface area contributed by atoms with Crippen LogP contribution in [0.5, 0.6) is 0 Å². The van der Waals surface area contributed by atoms with Crippen molar-refractivity contribution >= 4 is 11.4 Å². The van der Waals surface area contributed by atoms with Crippen LogP contribution < -0.4 is 16.1 Å². The number of benzene rings is 1. The normalized spacial score (nSPS) is 16.4. The quantitative estimate of drug-likeness (QED) is 0.335. The fraction of sp³-hybridized carbons (Fsp3) is 0.565. The van der Waals surface area contributed by atoms with Gasteiger partial charge < -0.3 is 16.1 Å². The third-order valence-corrected chi connectivity index (χ3v) is 4.90. The highest BCUT2D eigenvalue weighted by Crippen LogP contribution is 2.22. The molecule has 0 unspecified atom stereocenters. The molecule has 0 saturated carbocycles. The van der Waals surface area contributed by atoms with E-state index in [4.69, 9.17) is 10.6 Å². The average molecular weight is 402 g/mol. The summed E-state index contributed by atoms with van der Waals surface area (Å²) in [5, 5.41) is 1.87. The summed E-state index contributed by atoms with van der Waals surface area (Å²) in [5.74, 6) is 0. The molecule has 6 nitrogen and oxygen atoms in total. The first-order valence-electron chi connectivity index (χ1n) is 10.7. The fourth-order valence-corrected chi connectivity index (χ4v) is 3.55. The highest BCUT2D eigenvalue weighted by atomic mass is 16.7. The number of hydrogen-bond donors (Lipinski definition) is 2. The summed E-state index contributed by atoms with van der Waals surface area (Å²) in [4.78, 5) is 10.9. The van der Waals surface area contributed by atoms with Gasteiger partial charge in [-0.2, -0.15) is 0 Å². The van der Waals surface area contributed by atoms with E-state index in [-0.39, 0.29) is 5.41 Å². The van der Waals surface area contributed by atoms with Gasteiger partial charge >= 0.3 is 0 Å². The van der Waals surface area contributed by atoms with Gasteiger partial charge in [0.1, 0.15) is 0 Å². The highest BCUT2D eigenvalue weighted by Gasteiger charge is 2.27. The van der Waals surface area contributed by atoms with Crippen LogP contribution in [0, 0.1) is 5.41 Å². The van der Waals surface area contributed by atoms with Crippen molar-refractivity contribution in [2.75, 3.05) is 56.5 Å². The Labute approximate surface area is 176 Å². The van der Waals surface area contributed by atoms with Gasteiger partial charge in [-0.05, 0) is 43.0 Å². The predicted octanol–water partition coefficient (Wildman–Crippen LogP) is 3.66. The Hall–Kier alpha value is -2.02. The third-order valence-electron chi connectivity index (χ3n) is 4.90. The van der Waals surface area contributed by atoms with E-state index in [0.717, 1.165) is 51.4 Å². The standard InChI is InChI=1S/C23H39N5O/c1-5-7-8-12-25-28(29-17-6-2)20-23(3,4)19-26-13-15-27(16-14-26)22-11-9-10-21(24)18-22/h5,7-12,18,25H,6,13-17,19-20,24H2,1-4H3/b7-5-,12-8-. The number of hydrogen-bond acceptors (Lipinski definition) is 6. The maximum atomic E-state index is 5.94. The van der Waals surface area contributed by atoms with Crippen LogP contribution in [0.2, 0.25) is 0 Å². The molecule has 1 fully saturated rings. The number of hydrazine groups is 1. The second kappa shape index (κ2) is 11.9. The Bertz CT molecular complexity index is 650. The number of nitrogens with zero attached hydrogens (tertiary/aromatic N) is 3. The van der Waals surface area contributed by atoms with Crippen LogP contribution >= 0.6 is 0 Å². The maximum Gasteiger partial charge on any atom is 0.0704 e. The Morgan fingerprint density at radius 2 is 1.97 bits per heavy atom. The number of hydroxylamine groups is 1. The third kappa shape index (κ3) is 8.48. The summed E-state index contributed by atoms with van der Waals surface area (Å²) in [6.45, 7) is 15.5. The van der Waals surface area contributed by atoms with Gasteiger partial charge in [-0.3, -0.25) is 9.74 Å². The first-order valence-corrected chi connectivity index (χ1v) is 10.7. The molecule has 1 aromatic rings. The zero-order valence-electron chi connectivity index (χ0n) is 18.6. The number of nitrogens with two attached hydrogens (primary N) is 1. The monoisotopic (exact) mass is 401 g/mol. The van der Waals surface area contributed by atoms with E-state index in [1.807, 2.05) is 48.7 Å². The zero-order valence-corrected chi connectivity index (χ0v) is 18.6. The van der Waals surface area contributed by atoms with Crippen LogP contribution in [0.1, 0.15) is 34.1 Å². The van der Waals surface area contributed by atoms with Gasteiger partial charge in [-0.15, -0.1) is 5.17 Å². The molecule has 0 spiro atoms. The van der Waals surface area contributed by atoms with E-state index >= 15 is 0 Å². The van der Waals surface area contributed by atoms with Crippen molar-refractivity contribution in [3.05, 3.63) is 48.7 Å². The number of nitrogen functional groups attached to an aromatic ring is 1. The van der Waals surface area contributed by atoms with Gasteiger partial charge in [0.2, 0.25) is 0 Å². The van der Waals surface area contributed by atoms with E-state index in [0.29, 0.717) is 6.61 Å². The van der Waals surface area contributed by atoms with Crippen molar-refractivity contribution in [3.63, 3.8) is 0 Å². The molecular weight excluding hydrogens is 362 g/mol. The number of nitrogens with one attached hydrogen (secondary N) is 1. The lowest BCUT2D eigenvalue weighted by molar-refractivity contribution is -0.201. The minimum absolute atomic E-state index is 0.0918. The summed E-state index contributed by atoms with van der Waals surface area (Å²) in [5.41, 5.74) is 11.3. The predicted molar refractivity (Wildman–Crippen MR) is 123 cm³/mol. The SMILES string of the molecule is C/C=C\C=C/NN(CC(C)(C)CN1CCN(c2cccc(N)c2)CC1)OCCC. The molecule has 2 rings (SSSR count). The number of allylic oxidation sites excluding steroid dienone is 3. The zero-order chi connectivity index (χ0) is 21.1. The summed E-state index contributed by atoms with van der Waals surface area (Å²) >= 11 is 0. The lowest BCUT2D eigenvalue weighted by atomic mass is 9.92. The van der Waals surface area contributed by atoms with Crippen LogP contribution in [0.25, 0.3) is 0 Å². The fourth-order valence-electron chi connectivity index (χ4n) is 3.55. The van der Waals surface area contributed by atoms with Crippen molar-refractivity contribution in [2.24, 2.45) is 5.41 Å². The average Bonchev–Trinajstić information content (AvgIpc) is 2.69. The van der Waals surface area contributed by atoms with Crippen LogP contribution in [0.3, 0.4) is 0 Å². The molecule has 1 saturated heterocycles. The van der Waals surface area contributed by atoms with Crippen LogP contribution in [0.4, 0.5) is 11.4 Å². The molecule has 0 atom stereocenters. The Morgan fingerprint density at radius 3 is 2.62 bits per heavy atom. The first kappa shape index (κ1) is 23.3. The Morgan fingerprint density at radius 1 is 1.21 bits per heavy atom. The lowest BCUT2D eigenvalue weighted by Gasteiger charge is -2.41. The van der Waals surface area contributed by atoms with E-state index in [1.54, 1.807) is 0 Å². The largest absolute Gasteiger partial charge is 0.399 e. The highest BCUT2D eigenvalue weighted by molar-refractivity contribution is 5.56. The summed E-state index contributed by atoms with van der Waals surface area (Å²) in [6.07, 6.45) is 8.88. The molecule has 162 valence electrons. The molecule has 0 amide bonds. The van der Waals surface area contributed by atoms with Gasteiger partial charge in [0.15, 0.2) is 0 Å². The first-order chi connectivity index (χ1) is 13.9. The van der Waals surface area contributed by atoms with Crippen LogP contribution in [-0.4, -0.2) is 55.9 Å². The Kier molecular flexibility index (Phi) is 9.51. The smallest absolute Gasteiger partial charge is 0.0704 e. The molecule has 1 aromatic carbocycles. The number of rotatable bonds is 11. The minimum Gasteiger partial charge on any atom is -0.399 e. The lowest BCUT2D eigenvalue weighted by Crippen LogP contribution is -2.51. The number of piperazine rings is 1. The molecule has 0 bridgehead atoms. The number of anilines is 2. The second-order valence-corrected chi connectivity index (χ2v) is 8.41. The van der Waals surface area contributed by atoms with Gasteiger partial charge in [0.05, 0.1) is 13.2 Å². The van der Waals surface area contributed by atoms with E-state index in [1.165, 1.54) is 5.69 Å². The van der Waals surface area contributed by atoms with E-state index in [2.05, 4.69) is 48.1 Å². The summed E-state index contributed by atoms with van der Waals surface area (Å²) in [7, 11) is 0. The van der Waals surface area contributed by atoms with Crippen LogP contribution in [-0.2, 0) is 4.84 Å².